The minimum absolute atomic E-state index is 0.0986. The third kappa shape index (κ3) is 6.18. The lowest BCUT2D eigenvalue weighted by molar-refractivity contribution is 0.375. The van der Waals surface area contributed by atoms with Gasteiger partial charge in [0.15, 0.2) is 23.3 Å². The zero-order valence-corrected chi connectivity index (χ0v) is 21.9. The Morgan fingerprint density at radius 3 is 1.57 bits per heavy atom. The lowest BCUT2D eigenvalue weighted by Gasteiger charge is -2.08. The van der Waals surface area contributed by atoms with Crippen molar-refractivity contribution in [1.29, 1.82) is 10.5 Å². The smallest absolute Gasteiger partial charge is 0.231 e. The molecule has 2 aromatic heterocycles. The summed E-state index contributed by atoms with van der Waals surface area (Å²) >= 11 is 1.98. The van der Waals surface area contributed by atoms with Crippen molar-refractivity contribution in [2.45, 2.75) is 13.8 Å². The minimum atomic E-state index is -0.926. The number of hydrogen-bond acceptors (Lipinski definition) is 6. The first-order valence-electron chi connectivity index (χ1n) is 10.3. The Kier molecular flexibility index (Phi) is 8.39. The van der Waals surface area contributed by atoms with Crippen LogP contribution in [0, 0.1) is 63.3 Å². The summed E-state index contributed by atoms with van der Waals surface area (Å²) in [5, 5.41) is 25.3. The van der Waals surface area contributed by atoms with E-state index in [0.29, 0.717) is 15.0 Å². The Labute approximate surface area is 222 Å². The normalized spacial score (nSPS) is 10.2. The van der Waals surface area contributed by atoms with Crippen LogP contribution in [0.25, 0.3) is 0 Å². The van der Waals surface area contributed by atoms with Gasteiger partial charge in [-0.3, -0.25) is 0 Å². The van der Waals surface area contributed by atoms with Gasteiger partial charge >= 0.3 is 0 Å². The van der Waals surface area contributed by atoms with Gasteiger partial charge in [0.25, 0.3) is 0 Å². The van der Waals surface area contributed by atoms with Crippen LogP contribution < -0.4 is 9.47 Å². The van der Waals surface area contributed by atoms with E-state index in [1.54, 1.807) is 46.1 Å². The zero-order chi connectivity index (χ0) is 27.4. The Morgan fingerprint density at radius 1 is 0.757 bits per heavy atom. The molecule has 0 saturated carbocycles. The van der Waals surface area contributed by atoms with E-state index in [9.17, 15) is 17.6 Å². The number of hydrogen-bond donors (Lipinski definition) is 0. The van der Waals surface area contributed by atoms with E-state index in [0.717, 1.165) is 24.3 Å². The van der Waals surface area contributed by atoms with Crippen LogP contribution in [0.15, 0.2) is 30.3 Å². The highest BCUT2D eigenvalue weighted by Gasteiger charge is 2.19. The molecule has 0 atom stereocenters. The van der Waals surface area contributed by atoms with Crippen molar-refractivity contribution in [1.82, 2.24) is 19.6 Å². The Hall–Kier alpha value is -4.11. The molecule has 0 aliphatic carbocycles. The van der Waals surface area contributed by atoms with Gasteiger partial charge < -0.3 is 9.47 Å². The first-order valence-corrected chi connectivity index (χ1v) is 11.4. The molecule has 4 rings (SSSR count). The lowest BCUT2D eigenvalue weighted by Crippen LogP contribution is -2.00. The largest absolute Gasteiger partial charge is 0.433 e. The van der Waals surface area contributed by atoms with E-state index in [1.807, 2.05) is 22.6 Å². The second-order valence-corrected chi connectivity index (χ2v) is 8.62. The van der Waals surface area contributed by atoms with Gasteiger partial charge in [-0.25, -0.2) is 26.9 Å². The minimum Gasteiger partial charge on any atom is -0.433 e. The SMILES string of the molecule is Cc1cc(Oc2c(F)cc(C#N)cc2F)n(C)n1.Cc1nn(C)c(Oc2c(F)cc(C#N)cc2F)c1I. The van der Waals surface area contributed by atoms with Crippen LogP contribution >= 0.6 is 22.6 Å². The van der Waals surface area contributed by atoms with E-state index >= 15 is 0 Å². The molecule has 4 aromatic rings. The summed E-state index contributed by atoms with van der Waals surface area (Å²) in [5.74, 6) is -4.32. The number of rotatable bonds is 4. The van der Waals surface area contributed by atoms with Gasteiger partial charge in [0.1, 0.15) is 0 Å². The fourth-order valence-corrected chi connectivity index (χ4v) is 3.62. The van der Waals surface area contributed by atoms with Crippen molar-refractivity contribution in [3.63, 3.8) is 0 Å². The maximum Gasteiger partial charge on any atom is 0.231 e. The van der Waals surface area contributed by atoms with Crippen molar-refractivity contribution in [3.8, 4) is 35.4 Å². The third-order valence-electron chi connectivity index (χ3n) is 4.72. The third-order valence-corrected chi connectivity index (χ3v) is 5.96. The fourth-order valence-electron chi connectivity index (χ4n) is 3.05. The molecule has 0 aliphatic heterocycles. The maximum absolute atomic E-state index is 13.7. The summed E-state index contributed by atoms with van der Waals surface area (Å²) in [5.41, 5.74) is 1.17. The second kappa shape index (κ2) is 11.3. The van der Waals surface area contributed by atoms with E-state index in [-0.39, 0.29) is 22.9 Å². The molecule has 0 saturated heterocycles. The Morgan fingerprint density at radius 2 is 1.22 bits per heavy atom. The van der Waals surface area contributed by atoms with Gasteiger partial charge in [-0.1, -0.05) is 0 Å². The van der Waals surface area contributed by atoms with Crippen molar-refractivity contribution in [2.75, 3.05) is 0 Å². The molecule has 0 unspecified atom stereocenters. The van der Waals surface area contributed by atoms with E-state index in [2.05, 4.69) is 10.2 Å². The van der Waals surface area contributed by atoms with Crippen molar-refractivity contribution < 1.29 is 27.0 Å². The highest BCUT2D eigenvalue weighted by Crippen LogP contribution is 2.32. The molecule has 0 aliphatic rings. The van der Waals surface area contributed by atoms with Crippen molar-refractivity contribution >= 4 is 22.6 Å². The average Bonchev–Trinajstić information content (AvgIpc) is 3.28. The van der Waals surface area contributed by atoms with Crippen LogP contribution in [0.3, 0.4) is 0 Å². The van der Waals surface area contributed by atoms with Crippen LogP contribution in [-0.4, -0.2) is 19.6 Å². The number of ether oxygens (including phenoxy) is 2. The van der Waals surface area contributed by atoms with Crippen molar-refractivity contribution in [3.05, 3.63) is 79.7 Å². The molecule has 0 bridgehead atoms. The first kappa shape index (κ1) is 27.5. The summed E-state index contributed by atoms with van der Waals surface area (Å²) in [6.45, 7) is 3.50. The van der Waals surface area contributed by atoms with Gasteiger partial charge in [-0.05, 0) is 60.7 Å². The van der Waals surface area contributed by atoms with Gasteiger partial charge in [0.2, 0.25) is 23.3 Å². The standard InChI is InChI=1S/C12H8F2IN3O.C12H9F2N3O/c1-6-10(15)12(18(2)17-6)19-11-8(13)3-7(5-16)4-9(11)14;1-7-3-11(17(2)16-7)18-12-9(13)4-8(6-15)5-10(12)14/h3-4H,1-2H3;3-5H,1-2H3. The summed E-state index contributed by atoms with van der Waals surface area (Å²) in [4.78, 5) is 0. The van der Waals surface area contributed by atoms with Crippen molar-refractivity contribution in [2.24, 2.45) is 14.1 Å². The molecule has 2 aromatic carbocycles. The fraction of sp³-hybridized carbons (Fsp3) is 0.167. The Balaban J connectivity index is 0.000000206. The van der Waals surface area contributed by atoms with Gasteiger partial charge in [-0.2, -0.15) is 20.7 Å². The molecule has 0 N–H and O–H groups in total. The maximum atomic E-state index is 13.7. The molecule has 37 heavy (non-hydrogen) atoms. The molecule has 0 fully saturated rings. The number of aromatic nitrogens is 4. The predicted molar refractivity (Wildman–Crippen MR) is 131 cm³/mol. The quantitative estimate of drug-likeness (QED) is 0.206. The van der Waals surface area contributed by atoms with Crippen LogP contribution in [0.5, 0.6) is 23.3 Å². The molecule has 0 spiro atoms. The molecule has 0 amide bonds. The number of nitrogens with zero attached hydrogens (tertiary/aromatic N) is 6. The lowest BCUT2D eigenvalue weighted by atomic mass is 10.2. The number of nitriles is 2. The topological polar surface area (TPSA) is 102 Å². The van der Waals surface area contributed by atoms with Crippen LogP contribution in [0.1, 0.15) is 22.5 Å². The van der Waals surface area contributed by atoms with Gasteiger partial charge in [0, 0.05) is 20.2 Å². The van der Waals surface area contributed by atoms with E-state index in [4.69, 9.17) is 20.0 Å². The Bertz CT molecular complexity index is 1520. The number of halogens is 5. The molecular weight excluding hydrogens is 607 g/mol. The highest BCUT2D eigenvalue weighted by molar-refractivity contribution is 14.1. The monoisotopic (exact) mass is 624 g/mol. The summed E-state index contributed by atoms with van der Waals surface area (Å²) in [6.07, 6.45) is 0. The number of aryl methyl sites for hydroxylation is 4. The summed E-state index contributed by atoms with van der Waals surface area (Å²) in [6, 6.07) is 8.57. The second-order valence-electron chi connectivity index (χ2n) is 7.54. The average molecular weight is 624 g/mol. The van der Waals surface area contributed by atoms with Crippen LogP contribution in [0.4, 0.5) is 17.6 Å². The number of benzene rings is 2. The van der Waals surface area contributed by atoms with Gasteiger partial charge in [-0.15, -0.1) is 0 Å². The molecule has 190 valence electrons. The summed E-state index contributed by atoms with van der Waals surface area (Å²) < 4.78 is 68.4. The highest BCUT2D eigenvalue weighted by atomic mass is 127. The molecule has 8 nitrogen and oxygen atoms in total. The molecular formula is C24H17F4IN6O2. The predicted octanol–water partition coefficient (Wildman–Crippen LogP) is 5.95. The van der Waals surface area contributed by atoms with E-state index in [1.165, 1.54) is 9.36 Å². The van der Waals surface area contributed by atoms with E-state index < -0.39 is 34.8 Å². The summed E-state index contributed by atoms with van der Waals surface area (Å²) in [7, 11) is 3.21. The van der Waals surface area contributed by atoms with Gasteiger partial charge in [0.05, 0.1) is 38.2 Å². The zero-order valence-electron chi connectivity index (χ0n) is 19.8. The molecule has 0 radical (unpaired) electrons. The van der Waals surface area contributed by atoms with Crippen LogP contribution in [0.2, 0.25) is 0 Å². The first-order chi connectivity index (χ1) is 17.4. The molecule has 13 heteroatoms. The molecule has 2 heterocycles. The van der Waals surface area contributed by atoms with Crippen LogP contribution in [-0.2, 0) is 14.1 Å².